The highest BCUT2D eigenvalue weighted by Gasteiger charge is 1.97. The number of ether oxygens (including phenoxy) is 1. The van der Waals surface area contributed by atoms with Gasteiger partial charge in [-0.05, 0) is 12.1 Å². The zero-order chi connectivity index (χ0) is 8.10. The third kappa shape index (κ3) is 1.97. The summed E-state index contributed by atoms with van der Waals surface area (Å²) >= 11 is 0. The summed E-state index contributed by atoms with van der Waals surface area (Å²) < 4.78 is 4.87. The van der Waals surface area contributed by atoms with Gasteiger partial charge in [0.05, 0.1) is 0 Å². The van der Waals surface area contributed by atoms with Crippen LogP contribution in [0.5, 0.6) is 11.5 Å². The van der Waals surface area contributed by atoms with Gasteiger partial charge < -0.3 is 9.84 Å². The van der Waals surface area contributed by atoms with Gasteiger partial charge in [-0.15, -0.1) is 0 Å². The van der Waals surface area contributed by atoms with Crippen LogP contribution in [0.4, 0.5) is 0 Å². The van der Waals surface area contributed by atoms with Crippen LogP contribution in [0.25, 0.3) is 0 Å². The van der Waals surface area contributed by atoms with Crippen molar-refractivity contribution < 1.29 is 14.6 Å². The molecule has 58 valence electrons. The van der Waals surface area contributed by atoms with Crippen LogP contribution in [0, 0.1) is 0 Å². The molecule has 1 aromatic carbocycles. The molecule has 11 heavy (non-hydrogen) atoms. The van der Waals surface area contributed by atoms with Crippen molar-refractivity contribution in [3.8, 4) is 11.5 Å². The van der Waals surface area contributed by atoms with Gasteiger partial charge in [0.15, 0.2) is 17.8 Å². The fourth-order valence-corrected chi connectivity index (χ4v) is 0.703. The number of rotatable bonds is 3. The summed E-state index contributed by atoms with van der Waals surface area (Å²) in [5, 5.41) is 9.10. The van der Waals surface area contributed by atoms with Crippen molar-refractivity contribution in [1.82, 2.24) is 0 Å². The van der Waals surface area contributed by atoms with Crippen LogP contribution < -0.4 is 4.74 Å². The normalized spacial score (nSPS) is 9.09. The number of benzene rings is 1. The maximum absolute atomic E-state index is 9.88. The lowest BCUT2D eigenvalue weighted by Crippen LogP contribution is -1.97. The molecule has 0 aliphatic heterocycles. The van der Waals surface area contributed by atoms with Crippen LogP contribution >= 0.6 is 0 Å². The number of hydrogen-bond donors (Lipinski definition) is 1. The van der Waals surface area contributed by atoms with E-state index in [1.165, 1.54) is 6.07 Å². The monoisotopic (exact) mass is 152 g/mol. The zero-order valence-corrected chi connectivity index (χ0v) is 5.86. The number of para-hydroxylation sites is 2. The van der Waals surface area contributed by atoms with Gasteiger partial charge in [0, 0.05) is 0 Å². The second-order valence-corrected chi connectivity index (χ2v) is 1.95. The Balaban J connectivity index is 2.69. The average Bonchev–Trinajstić information content (AvgIpc) is 2.03. The first-order chi connectivity index (χ1) is 5.34. The van der Waals surface area contributed by atoms with E-state index in [4.69, 9.17) is 9.84 Å². The Labute approximate surface area is 64.2 Å². The molecule has 0 saturated carbocycles. The van der Waals surface area contributed by atoms with Crippen molar-refractivity contribution >= 4 is 6.29 Å². The Kier molecular flexibility index (Phi) is 2.49. The quantitative estimate of drug-likeness (QED) is 0.656. The van der Waals surface area contributed by atoms with Gasteiger partial charge in [-0.3, -0.25) is 4.79 Å². The summed E-state index contributed by atoms with van der Waals surface area (Å²) in [6.45, 7) is -0.0302. The van der Waals surface area contributed by atoms with Gasteiger partial charge >= 0.3 is 0 Å². The molecule has 0 radical (unpaired) electrons. The predicted molar refractivity (Wildman–Crippen MR) is 39.7 cm³/mol. The van der Waals surface area contributed by atoms with E-state index in [0.717, 1.165) is 0 Å². The minimum absolute atomic E-state index is 0.0302. The summed E-state index contributed by atoms with van der Waals surface area (Å²) in [5.41, 5.74) is 0. The molecule has 0 saturated heterocycles. The molecule has 0 aliphatic carbocycles. The molecule has 1 N–H and O–H groups in total. The molecule has 3 heteroatoms. The largest absolute Gasteiger partial charge is 0.504 e. The number of aromatic hydroxyl groups is 1. The van der Waals surface area contributed by atoms with Crippen LogP contribution in [0.3, 0.4) is 0 Å². The van der Waals surface area contributed by atoms with Crippen molar-refractivity contribution in [3.63, 3.8) is 0 Å². The first-order valence-electron chi connectivity index (χ1n) is 3.19. The van der Waals surface area contributed by atoms with E-state index in [-0.39, 0.29) is 12.4 Å². The van der Waals surface area contributed by atoms with Crippen molar-refractivity contribution in [2.45, 2.75) is 0 Å². The number of hydrogen-bond acceptors (Lipinski definition) is 3. The van der Waals surface area contributed by atoms with Gasteiger partial charge in [-0.2, -0.15) is 0 Å². The van der Waals surface area contributed by atoms with Crippen LogP contribution in [0.1, 0.15) is 0 Å². The molecule has 0 unspecified atom stereocenters. The molecule has 3 nitrogen and oxygen atoms in total. The summed E-state index contributed by atoms with van der Waals surface area (Å²) in [5.74, 6) is 0.383. The fraction of sp³-hybridized carbons (Fsp3) is 0.125. The molecule has 1 aromatic rings. The number of carbonyl (C=O) groups is 1. The number of phenolic OH excluding ortho intramolecular Hbond substituents is 1. The molecule has 0 heterocycles. The lowest BCUT2D eigenvalue weighted by atomic mass is 10.3. The topological polar surface area (TPSA) is 46.5 Å². The second-order valence-electron chi connectivity index (χ2n) is 1.95. The van der Waals surface area contributed by atoms with E-state index in [2.05, 4.69) is 0 Å². The van der Waals surface area contributed by atoms with E-state index in [1.54, 1.807) is 18.2 Å². The Hall–Kier alpha value is -1.51. The molecule has 0 atom stereocenters. The van der Waals surface area contributed by atoms with Crippen LogP contribution in [-0.2, 0) is 4.79 Å². The maximum atomic E-state index is 9.88. The van der Waals surface area contributed by atoms with Crippen LogP contribution in [0.2, 0.25) is 0 Å². The molecule has 0 amide bonds. The highest BCUT2D eigenvalue weighted by molar-refractivity contribution is 5.52. The van der Waals surface area contributed by atoms with Crippen molar-refractivity contribution in [2.24, 2.45) is 0 Å². The highest BCUT2D eigenvalue weighted by Crippen LogP contribution is 2.23. The summed E-state index contributed by atoms with van der Waals surface area (Å²) in [4.78, 5) is 9.88. The fourth-order valence-electron chi connectivity index (χ4n) is 0.703. The zero-order valence-electron chi connectivity index (χ0n) is 5.86. The van der Waals surface area contributed by atoms with Gasteiger partial charge in [-0.25, -0.2) is 0 Å². The second kappa shape index (κ2) is 3.61. The minimum Gasteiger partial charge on any atom is -0.504 e. The van der Waals surface area contributed by atoms with Crippen LogP contribution in [0.15, 0.2) is 24.3 Å². The Morgan fingerprint density at radius 3 is 2.82 bits per heavy atom. The van der Waals surface area contributed by atoms with Crippen molar-refractivity contribution in [3.05, 3.63) is 24.3 Å². The maximum Gasteiger partial charge on any atom is 0.161 e. The van der Waals surface area contributed by atoms with E-state index >= 15 is 0 Å². The third-order valence-corrected chi connectivity index (χ3v) is 1.17. The highest BCUT2D eigenvalue weighted by atomic mass is 16.5. The molecule has 1 rings (SSSR count). The van der Waals surface area contributed by atoms with Gasteiger partial charge in [-0.1, -0.05) is 12.1 Å². The lowest BCUT2D eigenvalue weighted by Gasteiger charge is -2.02. The number of carbonyl (C=O) groups excluding carboxylic acids is 1. The SMILES string of the molecule is O=CCOc1ccccc1O. The lowest BCUT2D eigenvalue weighted by molar-refractivity contribution is -0.109. The van der Waals surface area contributed by atoms with Gasteiger partial charge in [0.1, 0.15) is 6.61 Å². The van der Waals surface area contributed by atoms with E-state index in [1.807, 2.05) is 0 Å². The molecule has 0 aromatic heterocycles. The van der Waals surface area contributed by atoms with Gasteiger partial charge in [0.25, 0.3) is 0 Å². The van der Waals surface area contributed by atoms with Crippen molar-refractivity contribution in [1.29, 1.82) is 0 Å². The number of aldehydes is 1. The van der Waals surface area contributed by atoms with E-state index in [0.29, 0.717) is 12.0 Å². The Morgan fingerprint density at radius 2 is 2.18 bits per heavy atom. The first-order valence-corrected chi connectivity index (χ1v) is 3.19. The minimum atomic E-state index is -0.0302. The molecular weight excluding hydrogens is 144 g/mol. The molecule has 0 aliphatic rings. The third-order valence-electron chi connectivity index (χ3n) is 1.17. The Morgan fingerprint density at radius 1 is 1.45 bits per heavy atom. The summed E-state index contributed by atoms with van der Waals surface area (Å²) in [6, 6.07) is 6.50. The average molecular weight is 152 g/mol. The standard InChI is InChI=1S/C8H8O3/c9-5-6-11-8-4-2-1-3-7(8)10/h1-5,10H,6H2. The van der Waals surface area contributed by atoms with Crippen LogP contribution in [-0.4, -0.2) is 18.0 Å². The van der Waals surface area contributed by atoms with E-state index in [9.17, 15) is 4.79 Å². The van der Waals surface area contributed by atoms with Gasteiger partial charge in [0.2, 0.25) is 0 Å². The summed E-state index contributed by atoms with van der Waals surface area (Å²) in [7, 11) is 0. The molecular formula is C8H8O3. The number of phenols is 1. The summed E-state index contributed by atoms with van der Waals surface area (Å²) in [6.07, 6.45) is 0.631. The Bertz CT molecular complexity index is 245. The first kappa shape index (κ1) is 7.60. The van der Waals surface area contributed by atoms with E-state index < -0.39 is 0 Å². The smallest absolute Gasteiger partial charge is 0.161 e. The van der Waals surface area contributed by atoms with Crippen molar-refractivity contribution in [2.75, 3.05) is 6.61 Å². The molecule has 0 bridgehead atoms. The molecule has 0 fully saturated rings. The molecule has 0 spiro atoms. The predicted octanol–water partition coefficient (Wildman–Crippen LogP) is 0.970.